The predicted octanol–water partition coefficient (Wildman–Crippen LogP) is 6.27. The van der Waals surface area contributed by atoms with E-state index in [2.05, 4.69) is 16.7 Å². The lowest BCUT2D eigenvalue weighted by atomic mass is 10.0. The molecule has 1 amide bonds. The van der Waals surface area contributed by atoms with Crippen LogP contribution in [-0.2, 0) is 24.6 Å². The predicted molar refractivity (Wildman–Crippen MR) is 160 cm³/mol. The fourth-order valence-electron chi connectivity index (χ4n) is 4.34. The molecule has 4 aromatic rings. The van der Waals surface area contributed by atoms with Crippen molar-refractivity contribution < 1.29 is 19.0 Å². The van der Waals surface area contributed by atoms with Crippen molar-refractivity contribution in [1.82, 2.24) is 10.6 Å². The van der Waals surface area contributed by atoms with Crippen LogP contribution in [0, 0.1) is 11.3 Å². The van der Waals surface area contributed by atoms with Crippen LogP contribution in [0.1, 0.15) is 29.2 Å². The zero-order chi connectivity index (χ0) is 29.0. The van der Waals surface area contributed by atoms with Crippen molar-refractivity contribution in [1.29, 1.82) is 5.26 Å². The molecular formula is C33H32ClN3O4. The molecule has 0 aliphatic heterocycles. The Hall–Kier alpha value is -4.51. The highest BCUT2D eigenvalue weighted by atomic mass is 35.5. The summed E-state index contributed by atoms with van der Waals surface area (Å²) in [5.41, 5.74) is 5.07. The van der Waals surface area contributed by atoms with E-state index in [0.717, 1.165) is 27.8 Å². The lowest BCUT2D eigenvalue weighted by Gasteiger charge is -2.17. The molecule has 4 rings (SSSR count). The molecule has 0 saturated carbocycles. The second-order valence-electron chi connectivity index (χ2n) is 9.30. The lowest BCUT2D eigenvalue weighted by Crippen LogP contribution is -2.30. The van der Waals surface area contributed by atoms with Gasteiger partial charge in [0.15, 0.2) is 0 Å². The Morgan fingerprint density at radius 3 is 2.46 bits per heavy atom. The standard InChI is InChI=1S/C33H32ClN3O4/c1-23(38)37-16-15-36-20-26-13-14-28(18-32(26)41-21-25-8-5-7-24(17-25)19-35)40-22-27-9-6-11-30(33(27)39-2)29-10-3-4-12-31(29)34/h3-14,17-18,36H,15-16,20-22H2,1-2H3,(H,37,38). The Kier molecular flexibility index (Phi) is 10.6. The molecule has 0 aliphatic rings. The molecule has 8 heteroatoms. The first-order chi connectivity index (χ1) is 20.0. The third kappa shape index (κ3) is 8.24. The fraction of sp³-hybridized carbons (Fsp3) is 0.212. The number of halogens is 1. The second-order valence-corrected chi connectivity index (χ2v) is 9.70. The first kappa shape index (κ1) is 29.5. The summed E-state index contributed by atoms with van der Waals surface area (Å²) in [5, 5.41) is 16.0. The Morgan fingerprint density at radius 1 is 0.878 bits per heavy atom. The number of nitrogens with zero attached hydrogens (tertiary/aromatic N) is 1. The van der Waals surface area contributed by atoms with Crippen LogP contribution < -0.4 is 24.8 Å². The van der Waals surface area contributed by atoms with Gasteiger partial charge in [-0.1, -0.05) is 66.2 Å². The van der Waals surface area contributed by atoms with Gasteiger partial charge in [-0.3, -0.25) is 4.79 Å². The van der Waals surface area contributed by atoms with Crippen LogP contribution in [0.2, 0.25) is 5.02 Å². The minimum absolute atomic E-state index is 0.0639. The molecule has 0 fully saturated rings. The Morgan fingerprint density at radius 2 is 1.68 bits per heavy atom. The van der Waals surface area contributed by atoms with E-state index in [1.54, 1.807) is 13.2 Å². The molecule has 0 aromatic heterocycles. The highest BCUT2D eigenvalue weighted by Crippen LogP contribution is 2.37. The number of methoxy groups -OCH3 is 1. The van der Waals surface area contributed by atoms with Crippen LogP contribution in [0.3, 0.4) is 0 Å². The minimum Gasteiger partial charge on any atom is -0.496 e. The summed E-state index contributed by atoms with van der Waals surface area (Å²) < 4.78 is 18.2. The lowest BCUT2D eigenvalue weighted by molar-refractivity contribution is -0.118. The van der Waals surface area contributed by atoms with Gasteiger partial charge < -0.3 is 24.8 Å². The monoisotopic (exact) mass is 569 g/mol. The third-order valence-electron chi connectivity index (χ3n) is 6.34. The highest BCUT2D eigenvalue weighted by Gasteiger charge is 2.14. The van der Waals surface area contributed by atoms with Crippen molar-refractivity contribution in [2.24, 2.45) is 0 Å². The molecule has 0 heterocycles. The summed E-state index contributed by atoms with van der Waals surface area (Å²) in [6, 6.07) is 28.8. The van der Waals surface area contributed by atoms with Gasteiger partial charge in [-0.2, -0.15) is 5.26 Å². The molecule has 41 heavy (non-hydrogen) atoms. The summed E-state index contributed by atoms with van der Waals surface area (Å²) in [6.07, 6.45) is 0. The number of rotatable bonds is 13. The van der Waals surface area contributed by atoms with Crippen LogP contribution in [0.4, 0.5) is 0 Å². The van der Waals surface area contributed by atoms with Gasteiger partial charge in [-0.15, -0.1) is 0 Å². The number of para-hydroxylation sites is 1. The molecule has 7 nitrogen and oxygen atoms in total. The van der Waals surface area contributed by atoms with Gasteiger partial charge in [0.2, 0.25) is 5.91 Å². The quantitative estimate of drug-likeness (QED) is 0.184. The van der Waals surface area contributed by atoms with Crippen molar-refractivity contribution >= 4 is 17.5 Å². The van der Waals surface area contributed by atoms with E-state index in [1.807, 2.05) is 78.9 Å². The molecule has 2 N–H and O–H groups in total. The third-order valence-corrected chi connectivity index (χ3v) is 6.67. The van der Waals surface area contributed by atoms with Gasteiger partial charge in [-0.25, -0.2) is 0 Å². The van der Waals surface area contributed by atoms with E-state index in [9.17, 15) is 10.1 Å². The van der Waals surface area contributed by atoms with Crippen molar-refractivity contribution in [3.05, 3.63) is 112 Å². The number of benzene rings is 4. The maximum atomic E-state index is 11.1. The van der Waals surface area contributed by atoms with Gasteiger partial charge >= 0.3 is 0 Å². The van der Waals surface area contributed by atoms with Gasteiger partial charge in [0.05, 0.1) is 18.7 Å². The zero-order valence-electron chi connectivity index (χ0n) is 23.1. The van der Waals surface area contributed by atoms with Crippen LogP contribution in [0.25, 0.3) is 11.1 Å². The van der Waals surface area contributed by atoms with E-state index in [-0.39, 0.29) is 12.5 Å². The first-order valence-corrected chi connectivity index (χ1v) is 13.6. The molecule has 210 valence electrons. The smallest absolute Gasteiger partial charge is 0.216 e. The number of hydrogen-bond acceptors (Lipinski definition) is 6. The number of nitrogens with one attached hydrogen (secondary N) is 2. The Balaban J connectivity index is 1.52. The Labute approximate surface area is 245 Å². The number of amides is 1. The SMILES string of the molecule is COc1c(COc2ccc(CNCCNC(C)=O)c(OCc3cccc(C#N)c3)c2)cccc1-c1ccccc1Cl. The Bertz CT molecular complexity index is 1530. The van der Waals surface area contributed by atoms with Crippen molar-refractivity contribution in [2.75, 3.05) is 20.2 Å². The number of hydrogen-bond donors (Lipinski definition) is 2. The molecule has 0 aliphatic carbocycles. The summed E-state index contributed by atoms with van der Waals surface area (Å²) in [7, 11) is 1.64. The van der Waals surface area contributed by atoms with Gasteiger partial charge in [0, 0.05) is 59.9 Å². The average Bonchev–Trinajstić information content (AvgIpc) is 2.99. The molecule has 0 bridgehead atoms. The van der Waals surface area contributed by atoms with Gasteiger partial charge in [0.25, 0.3) is 0 Å². The largest absolute Gasteiger partial charge is 0.496 e. The second kappa shape index (κ2) is 14.8. The number of nitriles is 1. The summed E-state index contributed by atoms with van der Waals surface area (Å²) in [6.45, 7) is 3.76. The molecular weight excluding hydrogens is 538 g/mol. The first-order valence-electron chi connectivity index (χ1n) is 13.2. The van der Waals surface area contributed by atoms with E-state index in [0.29, 0.717) is 54.1 Å². The molecule has 0 saturated heterocycles. The number of ether oxygens (including phenoxy) is 3. The molecule has 0 spiro atoms. The van der Waals surface area contributed by atoms with Gasteiger partial charge in [-0.05, 0) is 29.8 Å². The average molecular weight is 570 g/mol. The van der Waals surface area contributed by atoms with E-state index < -0.39 is 0 Å². The summed E-state index contributed by atoms with van der Waals surface area (Å²) in [4.78, 5) is 11.1. The van der Waals surface area contributed by atoms with Crippen molar-refractivity contribution in [3.63, 3.8) is 0 Å². The zero-order valence-corrected chi connectivity index (χ0v) is 23.8. The van der Waals surface area contributed by atoms with Crippen molar-refractivity contribution in [2.45, 2.75) is 26.7 Å². The molecule has 0 unspecified atom stereocenters. The van der Waals surface area contributed by atoms with Gasteiger partial charge in [0.1, 0.15) is 30.5 Å². The van der Waals surface area contributed by atoms with Crippen LogP contribution in [-0.4, -0.2) is 26.1 Å². The fourth-order valence-corrected chi connectivity index (χ4v) is 4.58. The topological polar surface area (TPSA) is 92.6 Å². The van der Waals surface area contributed by atoms with Crippen LogP contribution in [0.15, 0.2) is 84.9 Å². The van der Waals surface area contributed by atoms with E-state index in [4.69, 9.17) is 25.8 Å². The number of carbonyl (C=O) groups is 1. The number of carbonyl (C=O) groups excluding carboxylic acids is 1. The van der Waals surface area contributed by atoms with Crippen molar-refractivity contribution in [3.8, 4) is 34.4 Å². The summed E-state index contributed by atoms with van der Waals surface area (Å²) in [5.74, 6) is 1.94. The highest BCUT2D eigenvalue weighted by molar-refractivity contribution is 6.33. The molecule has 0 radical (unpaired) electrons. The van der Waals surface area contributed by atoms with Crippen LogP contribution in [0.5, 0.6) is 17.2 Å². The van der Waals surface area contributed by atoms with Crippen LogP contribution >= 0.6 is 11.6 Å². The van der Waals surface area contributed by atoms with E-state index in [1.165, 1.54) is 6.92 Å². The maximum absolute atomic E-state index is 11.1. The van der Waals surface area contributed by atoms with E-state index >= 15 is 0 Å². The normalized spacial score (nSPS) is 10.5. The molecule has 0 atom stereocenters. The minimum atomic E-state index is -0.0639. The maximum Gasteiger partial charge on any atom is 0.216 e. The molecule has 4 aromatic carbocycles. The summed E-state index contributed by atoms with van der Waals surface area (Å²) >= 11 is 6.46.